The average molecular weight is 431 g/mol. The molecule has 158 valence electrons. The number of nitrogens with zero attached hydrogens (tertiary/aromatic N) is 1. The van der Waals surface area contributed by atoms with Crippen molar-refractivity contribution in [1.82, 2.24) is 15.8 Å². The number of oxazole rings is 1. The minimum absolute atomic E-state index is 0.0454. The fourth-order valence-corrected chi connectivity index (χ4v) is 3.35. The third-order valence-electron chi connectivity index (χ3n) is 4.19. The van der Waals surface area contributed by atoms with Crippen molar-refractivity contribution in [3.63, 3.8) is 0 Å². The molecule has 0 saturated carbocycles. The number of benzene rings is 1. The Hall–Kier alpha value is -3.53. The van der Waals surface area contributed by atoms with Crippen LogP contribution in [-0.2, 0) is 11.2 Å². The topological polar surface area (TPSA) is 112 Å². The minimum atomic E-state index is -0.543. The fourth-order valence-electron chi connectivity index (χ4n) is 2.70. The van der Waals surface area contributed by atoms with E-state index in [1.54, 1.807) is 6.92 Å². The first-order valence-electron chi connectivity index (χ1n) is 8.86. The van der Waals surface area contributed by atoms with Crippen LogP contribution in [0.5, 0.6) is 17.2 Å². The highest BCUT2D eigenvalue weighted by Gasteiger charge is 2.19. The SMILES string of the molecule is COc1cc(C(=O)NNC(=O)Cc2nc(-c3cccs3)oc2C)cc(OC)c1OC. The van der Waals surface area contributed by atoms with Crippen molar-refractivity contribution in [3.8, 4) is 28.0 Å². The Morgan fingerprint density at radius 2 is 1.80 bits per heavy atom. The highest BCUT2D eigenvalue weighted by atomic mass is 32.1. The van der Waals surface area contributed by atoms with Crippen LogP contribution in [0, 0.1) is 6.92 Å². The fraction of sp³-hybridized carbons (Fsp3) is 0.250. The second kappa shape index (κ2) is 9.31. The number of carbonyl (C=O) groups excluding carboxylic acids is 2. The van der Waals surface area contributed by atoms with Gasteiger partial charge in [0.15, 0.2) is 11.5 Å². The Balaban J connectivity index is 1.64. The van der Waals surface area contributed by atoms with E-state index in [4.69, 9.17) is 18.6 Å². The molecule has 2 aromatic heterocycles. The summed E-state index contributed by atoms with van der Waals surface area (Å²) in [6.07, 6.45) is -0.0454. The summed E-state index contributed by atoms with van der Waals surface area (Å²) >= 11 is 1.49. The van der Waals surface area contributed by atoms with E-state index >= 15 is 0 Å². The first-order valence-corrected chi connectivity index (χ1v) is 9.74. The standard InChI is InChI=1S/C20H21N3O6S/c1-11-13(21-20(29-11)16-6-5-7-30-16)10-17(24)22-23-19(25)12-8-14(26-2)18(28-4)15(9-12)27-3/h5-9H,10H2,1-4H3,(H,22,24)(H,23,25). The number of carbonyl (C=O) groups is 2. The number of thiophene rings is 1. The third-order valence-corrected chi connectivity index (χ3v) is 5.05. The Kier molecular flexibility index (Phi) is 6.58. The summed E-state index contributed by atoms with van der Waals surface area (Å²) in [5, 5.41) is 1.92. The zero-order valence-corrected chi connectivity index (χ0v) is 17.7. The smallest absolute Gasteiger partial charge is 0.269 e. The number of hydrogen-bond donors (Lipinski definition) is 2. The second-order valence-corrected chi connectivity index (χ2v) is 7.04. The Morgan fingerprint density at radius 1 is 1.10 bits per heavy atom. The van der Waals surface area contributed by atoms with Gasteiger partial charge in [-0.1, -0.05) is 6.07 Å². The van der Waals surface area contributed by atoms with E-state index in [2.05, 4.69) is 15.8 Å². The molecule has 30 heavy (non-hydrogen) atoms. The average Bonchev–Trinajstić information content (AvgIpc) is 3.41. The van der Waals surface area contributed by atoms with Crippen molar-refractivity contribution < 1.29 is 28.2 Å². The lowest BCUT2D eigenvalue weighted by Gasteiger charge is -2.14. The number of nitrogens with one attached hydrogen (secondary N) is 2. The molecular weight excluding hydrogens is 410 g/mol. The van der Waals surface area contributed by atoms with E-state index in [1.807, 2.05) is 17.5 Å². The van der Waals surface area contributed by atoms with Gasteiger partial charge in [-0.05, 0) is 30.5 Å². The van der Waals surface area contributed by atoms with Crippen molar-refractivity contribution in [1.29, 1.82) is 0 Å². The number of rotatable bonds is 7. The van der Waals surface area contributed by atoms with E-state index in [-0.39, 0.29) is 12.0 Å². The summed E-state index contributed by atoms with van der Waals surface area (Å²) in [7, 11) is 4.37. The lowest BCUT2D eigenvalue weighted by Crippen LogP contribution is -2.42. The second-order valence-electron chi connectivity index (χ2n) is 6.09. The Labute approximate surface area is 176 Å². The molecule has 2 N–H and O–H groups in total. The molecule has 3 rings (SSSR count). The van der Waals surface area contributed by atoms with Gasteiger partial charge < -0.3 is 18.6 Å². The number of aryl methyl sites for hydroxylation is 1. The maximum atomic E-state index is 12.5. The predicted octanol–water partition coefficient (Wildman–Crippen LogP) is 2.74. The molecule has 3 aromatic rings. The van der Waals surface area contributed by atoms with Gasteiger partial charge in [0.25, 0.3) is 5.91 Å². The predicted molar refractivity (Wildman–Crippen MR) is 110 cm³/mol. The molecule has 0 aliphatic rings. The van der Waals surface area contributed by atoms with Crippen molar-refractivity contribution in [2.75, 3.05) is 21.3 Å². The highest BCUT2D eigenvalue weighted by Crippen LogP contribution is 2.38. The molecule has 0 aliphatic carbocycles. The minimum Gasteiger partial charge on any atom is -0.493 e. The van der Waals surface area contributed by atoms with E-state index in [0.29, 0.717) is 34.6 Å². The maximum Gasteiger partial charge on any atom is 0.269 e. The Bertz CT molecular complexity index is 1020. The lowest BCUT2D eigenvalue weighted by atomic mass is 10.1. The molecule has 2 heterocycles. The molecule has 2 amide bonds. The van der Waals surface area contributed by atoms with Gasteiger partial charge in [0.1, 0.15) is 5.76 Å². The molecule has 0 spiro atoms. The molecule has 0 radical (unpaired) electrons. The van der Waals surface area contributed by atoms with Crippen molar-refractivity contribution in [2.45, 2.75) is 13.3 Å². The summed E-state index contributed by atoms with van der Waals surface area (Å²) in [6.45, 7) is 1.74. The van der Waals surface area contributed by atoms with E-state index < -0.39 is 11.8 Å². The van der Waals surface area contributed by atoms with E-state index in [1.165, 1.54) is 44.8 Å². The van der Waals surface area contributed by atoms with Gasteiger partial charge in [-0.2, -0.15) is 0 Å². The maximum absolute atomic E-state index is 12.5. The molecule has 10 heteroatoms. The normalized spacial score (nSPS) is 10.4. The first-order chi connectivity index (χ1) is 14.5. The van der Waals surface area contributed by atoms with Gasteiger partial charge in [0, 0.05) is 5.56 Å². The zero-order chi connectivity index (χ0) is 21.7. The van der Waals surface area contributed by atoms with Crippen LogP contribution in [0.15, 0.2) is 34.1 Å². The summed E-state index contributed by atoms with van der Waals surface area (Å²) in [5.41, 5.74) is 5.46. The highest BCUT2D eigenvalue weighted by molar-refractivity contribution is 7.13. The van der Waals surface area contributed by atoms with Crippen molar-refractivity contribution >= 4 is 23.2 Å². The summed E-state index contributed by atoms with van der Waals surface area (Å²) in [4.78, 5) is 30.0. The number of aromatic nitrogens is 1. The summed E-state index contributed by atoms with van der Waals surface area (Å²) < 4.78 is 21.3. The Morgan fingerprint density at radius 3 is 2.37 bits per heavy atom. The summed E-state index contributed by atoms with van der Waals surface area (Å²) in [6, 6.07) is 6.75. The van der Waals surface area contributed by atoms with Crippen LogP contribution >= 0.6 is 11.3 Å². The van der Waals surface area contributed by atoms with Crippen LogP contribution in [0.1, 0.15) is 21.8 Å². The van der Waals surface area contributed by atoms with Gasteiger partial charge in [-0.15, -0.1) is 11.3 Å². The molecule has 0 saturated heterocycles. The van der Waals surface area contributed by atoms with Crippen LogP contribution in [0.2, 0.25) is 0 Å². The van der Waals surface area contributed by atoms with Crippen molar-refractivity contribution in [2.24, 2.45) is 0 Å². The molecule has 0 bridgehead atoms. The zero-order valence-electron chi connectivity index (χ0n) is 16.9. The lowest BCUT2D eigenvalue weighted by molar-refractivity contribution is -0.121. The molecular formula is C20H21N3O6S. The van der Waals surface area contributed by atoms with Gasteiger partial charge in [-0.3, -0.25) is 20.4 Å². The van der Waals surface area contributed by atoms with Crippen LogP contribution in [0.3, 0.4) is 0 Å². The number of hydrogen-bond acceptors (Lipinski definition) is 8. The number of amides is 2. The molecule has 9 nitrogen and oxygen atoms in total. The van der Waals surface area contributed by atoms with E-state index in [0.717, 1.165) is 4.88 Å². The number of hydrazine groups is 1. The van der Waals surface area contributed by atoms with Gasteiger partial charge >= 0.3 is 0 Å². The van der Waals surface area contributed by atoms with Crippen molar-refractivity contribution in [3.05, 3.63) is 46.7 Å². The van der Waals surface area contributed by atoms with Crippen LogP contribution in [0.25, 0.3) is 10.8 Å². The van der Waals surface area contributed by atoms with Crippen LogP contribution in [0.4, 0.5) is 0 Å². The van der Waals surface area contributed by atoms with Gasteiger partial charge in [-0.25, -0.2) is 4.98 Å². The summed E-state index contributed by atoms with van der Waals surface area (Å²) in [5.74, 6) is 1.05. The van der Waals surface area contributed by atoms with Gasteiger partial charge in [0.05, 0.1) is 38.3 Å². The first kappa shape index (κ1) is 21.2. The van der Waals surface area contributed by atoms with Crippen LogP contribution < -0.4 is 25.1 Å². The quantitative estimate of drug-likeness (QED) is 0.553. The molecule has 0 aliphatic heterocycles. The number of ether oxygens (including phenoxy) is 3. The largest absolute Gasteiger partial charge is 0.493 e. The molecule has 0 unspecified atom stereocenters. The van der Waals surface area contributed by atoms with Gasteiger partial charge in [0.2, 0.25) is 17.5 Å². The van der Waals surface area contributed by atoms with E-state index in [9.17, 15) is 9.59 Å². The molecule has 1 aromatic carbocycles. The third kappa shape index (κ3) is 4.54. The van der Waals surface area contributed by atoms with Crippen LogP contribution in [-0.4, -0.2) is 38.1 Å². The molecule has 0 atom stereocenters. The monoisotopic (exact) mass is 431 g/mol. The number of methoxy groups -OCH3 is 3. The molecule has 0 fully saturated rings.